The summed E-state index contributed by atoms with van der Waals surface area (Å²) < 4.78 is 19.5. The number of methoxy groups -OCH3 is 1. The number of nitrogens with two attached hydrogens (primary N) is 1. The van der Waals surface area contributed by atoms with E-state index in [1.807, 2.05) is 18.2 Å². The van der Waals surface area contributed by atoms with Crippen LogP contribution < -0.4 is 10.5 Å². The number of hydrogen-bond acceptors (Lipinski definition) is 7. The maximum Gasteiger partial charge on any atom is 0.308 e. The molecule has 0 saturated carbocycles. The third kappa shape index (κ3) is 6.46. The second-order valence-electron chi connectivity index (χ2n) is 8.81. The van der Waals surface area contributed by atoms with E-state index in [-0.39, 0.29) is 17.8 Å². The molecular weight excluding hydrogens is 509 g/mol. The SMILES string of the molecule is COc1ccc2ncc(Cl)c([C@H](N)CCC3CCN(CCSc4cc(F)cs4)CC3C(=O)O)c2c1. The van der Waals surface area contributed by atoms with Crippen molar-refractivity contribution in [2.45, 2.75) is 29.5 Å². The number of carbonyl (C=O) groups is 1. The minimum absolute atomic E-state index is 0.0512. The first kappa shape index (κ1) is 26.2. The molecule has 1 aromatic carbocycles. The Morgan fingerprint density at radius 1 is 1.46 bits per heavy atom. The van der Waals surface area contributed by atoms with E-state index in [4.69, 9.17) is 22.1 Å². The van der Waals surface area contributed by atoms with Crippen LogP contribution in [-0.4, -0.2) is 53.5 Å². The van der Waals surface area contributed by atoms with Gasteiger partial charge in [0.1, 0.15) is 11.6 Å². The van der Waals surface area contributed by atoms with Crippen LogP contribution >= 0.6 is 34.7 Å². The number of fused-ring (bicyclic) bond motifs is 1. The van der Waals surface area contributed by atoms with Gasteiger partial charge in [-0.2, -0.15) is 0 Å². The molecule has 1 aliphatic rings. The van der Waals surface area contributed by atoms with E-state index in [1.165, 1.54) is 16.7 Å². The van der Waals surface area contributed by atoms with E-state index in [9.17, 15) is 14.3 Å². The number of halogens is 2. The largest absolute Gasteiger partial charge is 0.497 e. The topological polar surface area (TPSA) is 88.7 Å². The zero-order valence-electron chi connectivity index (χ0n) is 19.5. The van der Waals surface area contributed by atoms with E-state index in [2.05, 4.69) is 9.88 Å². The highest BCUT2D eigenvalue weighted by molar-refractivity contribution is 8.01. The number of rotatable bonds is 10. The number of hydrogen-bond donors (Lipinski definition) is 2. The summed E-state index contributed by atoms with van der Waals surface area (Å²) in [5.74, 6) is 0.149. The molecular formula is C25H29ClFN3O3S2. The molecule has 1 fully saturated rings. The number of piperidine rings is 1. The van der Waals surface area contributed by atoms with E-state index in [0.717, 1.165) is 45.9 Å². The van der Waals surface area contributed by atoms with Crippen molar-refractivity contribution >= 4 is 51.6 Å². The van der Waals surface area contributed by atoms with Crippen molar-refractivity contribution in [2.24, 2.45) is 17.6 Å². The van der Waals surface area contributed by atoms with Gasteiger partial charge in [-0.25, -0.2) is 4.39 Å². The second kappa shape index (κ2) is 11.9. The first-order valence-electron chi connectivity index (χ1n) is 11.6. The first-order chi connectivity index (χ1) is 16.9. The lowest BCUT2D eigenvalue weighted by atomic mass is 9.81. The van der Waals surface area contributed by atoms with E-state index < -0.39 is 11.9 Å². The van der Waals surface area contributed by atoms with Gasteiger partial charge >= 0.3 is 5.97 Å². The number of likely N-dealkylation sites (tertiary alicyclic amines) is 1. The van der Waals surface area contributed by atoms with E-state index in [1.54, 1.807) is 31.1 Å². The number of thioether (sulfide) groups is 1. The van der Waals surface area contributed by atoms with Gasteiger partial charge in [0.05, 0.1) is 27.8 Å². The number of nitrogens with zero attached hydrogens (tertiary/aromatic N) is 2. The molecule has 0 spiro atoms. The molecule has 1 aliphatic heterocycles. The fourth-order valence-corrected chi connectivity index (χ4v) is 6.93. The number of benzene rings is 1. The molecule has 2 aromatic heterocycles. The molecule has 6 nitrogen and oxygen atoms in total. The Labute approximate surface area is 217 Å². The average Bonchev–Trinajstić information content (AvgIpc) is 3.27. The van der Waals surface area contributed by atoms with Crippen LogP contribution in [0.1, 0.15) is 30.9 Å². The molecule has 3 heterocycles. The van der Waals surface area contributed by atoms with Gasteiger partial charge < -0.3 is 20.5 Å². The summed E-state index contributed by atoms with van der Waals surface area (Å²) >= 11 is 9.51. The number of carboxylic acid groups (broad SMARTS) is 1. The monoisotopic (exact) mass is 537 g/mol. The third-order valence-electron chi connectivity index (χ3n) is 6.64. The minimum Gasteiger partial charge on any atom is -0.497 e. The molecule has 0 amide bonds. The van der Waals surface area contributed by atoms with Gasteiger partial charge in [0, 0.05) is 41.8 Å². The molecule has 0 bridgehead atoms. The Morgan fingerprint density at radius 2 is 2.29 bits per heavy atom. The van der Waals surface area contributed by atoms with Crippen molar-refractivity contribution in [3.05, 3.63) is 52.2 Å². The zero-order valence-corrected chi connectivity index (χ0v) is 21.8. The van der Waals surface area contributed by atoms with E-state index >= 15 is 0 Å². The molecule has 2 unspecified atom stereocenters. The van der Waals surface area contributed by atoms with Gasteiger partial charge in [0.25, 0.3) is 0 Å². The Hall–Kier alpha value is -1.91. The van der Waals surface area contributed by atoms with Crippen LogP contribution in [0.5, 0.6) is 5.75 Å². The summed E-state index contributed by atoms with van der Waals surface area (Å²) in [5, 5.41) is 12.8. The lowest BCUT2D eigenvalue weighted by Gasteiger charge is -2.37. The summed E-state index contributed by atoms with van der Waals surface area (Å²) in [5.41, 5.74) is 8.22. The first-order valence-corrected chi connectivity index (χ1v) is 13.8. The number of pyridine rings is 1. The fraction of sp³-hybridized carbons (Fsp3) is 0.440. The molecule has 3 aromatic rings. The van der Waals surface area contributed by atoms with Crippen LogP contribution in [0.25, 0.3) is 10.9 Å². The molecule has 0 aliphatic carbocycles. The number of aromatic nitrogens is 1. The smallest absolute Gasteiger partial charge is 0.308 e. The second-order valence-corrected chi connectivity index (χ2v) is 11.5. The van der Waals surface area contributed by atoms with Gasteiger partial charge in [-0.05, 0) is 61.6 Å². The quantitative estimate of drug-likeness (QED) is 0.321. The molecule has 10 heteroatoms. The molecule has 4 rings (SSSR count). The van der Waals surface area contributed by atoms with Crippen molar-refractivity contribution in [2.75, 3.05) is 32.5 Å². The summed E-state index contributed by atoms with van der Waals surface area (Å²) in [6.07, 6.45) is 3.76. The molecule has 35 heavy (non-hydrogen) atoms. The Kier molecular flexibility index (Phi) is 8.88. The number of aliphatic carboxylic acids is 1. The summed E-state index contributed by atoms with van der Waals surface area (Å²) in [4.78, 5) is 18.7. The number of ether oxygens (including phenoxy) is 1. The number of thiophene rings is 1. The van der Waals surface area contributed by atoms with Gasteiger partial charge in [-0.3, -0.25) is 9.78 Å². The zero-order chi connectivity index (χ0) is 24.9. The minimum atomic E-state index is -0.765. The third-order valence-corrected chi connectivity index (χ3v) is 9.07. The molecule has 188 valence electrons. The van der Waals surface area contributed by atoms with Crippen LogP contribution in [0, 0.1) is 17.7 Å². The maximum atomic E-state index is 13.2. The normalized spacial score (nSPS) is 19.7. The lowest BCUT2D eigenvalue weighted by molar-refractivity contribution is -0.146. The van der Waals surface area contributed by atoms with Crippen molar-refractivity contribution in [1.82, 2.24) is 9.88 Å². The van der Waals surface area contributed by atoms with Gasteiger partial charge in [0.15, 0.2) is 0 Å². The van der Waals surface area contributed by atoms with Crippen molar-refractivity contribution in [1.29, 1.82) is 0 Å². The van der Waals surface area contributed by atoms with Crippen LogP contribution in [0.3, 0.4) is 0 Å². The summed E-state index contributed by atoms with van der Waals surface area (Å²) in [7, 11) is 1.61. The molecule has 1 saturated heterocycles. The van der Waals surface area contributed by atoms with E-state index in [0.29, 0.717) is 30.2 Å². The predicted octanol–water partition coefficient (Wildman–Crippen LogP) is 5.69. The van der Waals surface area contributed by atoms with Crippen LogP contribution in [0.4, 0.5) is 4.39 Å². The van der Waals surface area contributed by atoms with Crippen LogP contribution in [0.15, 0.2) is 40.1 Å². The van der Waals surface area contributed by atoms with Crippen molar-refractivity contribution in [3.63, 3.8) is 0 Å². The van der Waals surface area contributed by atoms with Gasteiger partial charge in [-0.1, -0.05) is 11.6 Å². The van der Waals surface area contributed by atoms with Crippen LogP contribution in [0.2, 0.25) is 5.02 Å². The fourth-order valence-electron chi connectivity index (χ4n) is 4.75. The van der Waals surface area contributed by atoms with Crippen LogP contribution in [-0.2, 0) is 4.79 Å². The summed E-state index contributed by atoms with van der Waals surface area (Å²) in [6.45, 7) is 2.14. The Bertz CT molecular complexity index is 1180. The average molecular weight is 538 g/mol. The number of carboxylic acids is 1. The Morgan fingerprint density at radius 3 is 3.00 bits per heavy atom. The van der Waals surface area contributed by atoms with Crippen molar-refractivity contribution < 1.29 is 19.0 Å². The standard InChI is InChI=1S/C25H29ClFN3O3S2/c1-33-17-3-5-22-18(11-17)24(20(26)12-29-22)21(28)4-2-15-6-7-30(13-19(15)25(31)32)8-9-34-23-10-16(27)14-35-23/h3,5,10-12,14-15,19,21H,2,4,6-9,13,28H2,1H3,(H,31,32)/t15?,19?,21-/m1/s1. The van der Waals surface area contributed by atoms with Crippen molar-refractivity contribution in [3.8, 4) is 5.75 Å². The molecule has 0 radical (unpaired) electrons. The predicted molar refractivity (Wildman–Crippen MR) is 140 cm³/mol. The van der Waals surface area contributed by atoms with Gasteiger partial charge in [0.2, 0.25) is 0 Å². The Balaban J connectivity index is 1.37. The highest BCUT2D eigenvalue weighted by Crippen LogP contribution is 2.36. The lowest BCUT2D eigenvalue weighted by Crippen LogP contribution is -2.44. The maximum absolute atomic E-state index is 13.2. The highest BCUT2D eigenvalue weighted by Gasteiger charge is 2.34. The summed E-state index contributed by atoms with van der Waals surface area (Å²) in [6, 6.07) is 6.82. The highest BCUT2D eigenvalue weighted by atomic mass is 35.5. The molecule has 3 atom stereocenters. The van der Waals surface area contributed by atoms with Gasteiger partial charge in [-0.15, -0.1) is 23.1 Å². The molecule has 3 N–H and O–H groups in total.